The van der Waals surface area contributed by atoms with Crippen LogP contribution < -0.4 is 9.47 Å². The van der Waals surface area contributed by atoms with Crippen molar-refractivity contribution in [2.75, 3.05) is 39.5 Å². The van der Waals surface area contributed by atoms with Crippen LogP contribution in [0.2, 0.25) is 0 Å². The highest BCUT2D eigenvalue weighted by Gasteiger charge is 2.28. The van der Waals surface area contributed by atoms with E-state index in [0.717, 1.165) is 56.4 Å². The fourth-order valence-corrected chi connectivity index (χ4v) is 4.75. The molecule has 0 spiro atoms. The molecule has 0 saturated carbocycles. The van der Waals surface area contributed by atoms with E-state index in [4.69, 9.17) is 19.3 Å². The number of rotatable bonds is 5. The Hall–Kier alpha value is -3.17. The molecule has 3 heterocycles. The average molecular weight is 498 g/mol. The number of ether oxygens (including phenoxy) is 3. The van der Waals surface area contributed by atoms with E-state index in [1.807, 2.05) is 30.3 Å². The van der Waals surface area contributed by atoms with Crippen molar-refractivity contribution < 1.29 is 28.9 Å². The third kappa shape index (κ3) is 7.41. The Morgan fingerprint density at radius 2 is 1.75 bits per heavy atom. The van der Waals surface area contributed by atoms with Crippen molar-refractivity contribution in [2.45, 2.75) is 51.1 Å². The van der Waals surface area contributed by atoms with Gasteiger partial charge >= 0.3 is 5.97 Å². The zero-order chi connectivity index (χ0) is 25.2. The van der Waals surface area contributed by atoms with E-state index in [2.05, 4.69) is 16.0 Å². The maximum absolute atomic E-state index is 12.4. The molecular formula is C27H35N3O6. The number of carboxylic acids is 1. The first-order chi connectivity index (χ1) is 17.6. The van der Waals surface area contributed by atoms with Crippen LogP contribution in [0.15, 0.2) is 42.6 Å². The van der Waals surface area contributed by atoms with Gasteiger partial charge in [0, 0.05) is 37.4 Å². The highest BCUT2D eigenvalue weighted by molar-refractivity contribution is 5.78. The van der Waals surface area contributed by atoms with Crippen LogP contribution in [0.5, 0.6) is 17.4 Å². The molecule has 1 N–H and O–H groups in total. The second-order valence-corrected chi connectivity index (χ2v) is 9.25. The van der Waals surface area contributed by atoms with Crippen LogP contribution in [0, 0.1) is 0 Å². The van der Waals surface area contributed by atoms with Crippen molar-refractivity contribution in [1.82, 2.24) is 14.8 Å². The number of carboxylic acid groups (broad SMARTS) is 1. The van der Waals surface area contributed by atoms with Crippen molar-refractivity contribution in [3.05, 3.63) is 48.2 Å². The Balaban J connectivity index is 1.44. The van der Waals surface area contributed by atoms with Gasteiger partial charge in [-0.1, -0.05) is 31.0 Å². The number of pyridine rings is 1. The lowest BCUT2D eigenvalue weighted by atomic mass is 10.0. The quantitative estimate of drug-likeness (QED) is 0.667. The predicted molar refractivity (Wildman–Crippen MR) is 133 cm³/mol. The summed E-state index contributed by atoms with van der Waals surface area (Å²) in [5.74, 6) is 0.752. The molecule has 0 radical (unpaired) electrons. The number of para-hydroxylation sites is 2. The number of carbonyl (C=O) groups is 2. The van der Waals surface area contributed by atoms with Crippen molar-refractivity contribution in [2.24, 2.45) is 0 Å². The topological polar surface area (TPSA) is 101 Å². The van der Waals surface area contributed by atoms with Gasteiger partial charge in [0.05, 0.1) is 6.61 Å². The van der Waals surface area contributed by atoms with E-state index >= 15 is 0 Å². The minimum absolute atomic E-state index is 0.153. The minimum Gasteiger partial charge on any atom is -0.490 e. The van der Waals surface area contributed by atoms with Gasteiger partial charge in [0.2, 0.25) is 11.8 Å². The maximum atomic E-state index is 12.4. The molecule has 2 aromatic rings. The molecule has 1 fully saturated rings. The van der Waals surface area contributed by atoms with Crippen LogP contribution >= 0.6 is 0 Å². The number of carbonyl (C=O) groups excluding carboxylic acids is 1. The summed E-state index contributed by atoms with van der Waals surface area (Å²) in [6.45, 7) is 2.96. The molecule has 1 aromatic carbocycles. The highest BCUT2D eigenvalue weighted by Crippen LogP contribution is 2.33. The Bertz CT molecular complexity index is 1010. The second-order valence-electron chi connectivity index (χ2n) is 9.25. The molecule has 1 saturated heterocycles. The van der Waals surface area contributed by atoms with E-state index in [1.54, 1.807) is 11.1 Å². The first kappa shape index (κ1) is 25.9. The molecule has 2 aliphatic heterocycles. The SMILES string of the molecule is O=C(O)COCC(=O)N1CCC(N2CCCCCCOc3ccccc3Oc3ncccc3C2)CC1. The molecule has 2 aliphatic rings. The molecule has 36 heavy (non-hydrogen) atoms. The summed E-state index contributed by atoms with van der Waals surface area (Å²) in [5, 5.41) is 8.70. The van der Waals surface area contributed by atoms with Crippen molar-refractivity contribution >= 4 is 11.9 Å². The normalized spacial score (nSPS) is 18.2. The Labute approximate surface area is 212 Å². The zero-order valence-corrected chi connectivity index (χ0v) is 20.6. The van der Waals surface area contributed by atoms with Crippen LogP contribution in [-0.2, 0) is 20.9 Å². The first-order valence-electron chi connectivity index (χ1n) is 12.7. The van der Waals surface area contributed by atoms with E-state index in [-0.39, 0.29) is 12.5 Å². The lowest BCUT2D eigenvalue weighted by Crippen LogP contribution is -2.47. The number of fused-ring (bicyclic) bond motifs is 2. The Morgan fingerprint density at radius 1 is 0.972 bits per heavy atom. The third-order valence-corrected chi connectivity index (χ3v) is 6.66. The number of piperidine rings is 1. The van der Waals surface area contributed by atoms with Crippen LogP contribution in [0.1, 0.15) is 44.1 Å². The molecule has 4 rings (SSSR count). The van der Waals surface area contributed by atoms with Crippen molar-refractivity contribution in [3.63, 3.8) is 0 Å². The number of amides is 1. The van der Waals surface area contributed by atoms with Crippen molar-refractivity contribution in [1.29, 1.82) is 0 Å². The molecule has 0 aliphatic carbocycles. The van der Waals surface area contributed by atoms with Gasteiger partial charge in [-0.3, -0.25) is 9.69 Å². The zero-order valence-electron chi connectivity index (χ0n) is 20.6. The molecular weight excluding hydrogens is 462 g/mol. The number of benzene rings is 1. The number of hydrogen-bond donors (Lipinski definition) is 1. The summed E-state index contributed by atoms with van der Waals surface area (Å²) in [5.41, 5.74) is 1.02. The Kier molecular flexibility index (Phi) is 9.52. The molecule has 194 valence electrons. The Morgan fingerprint density at radius 3 is 2.56 bits per heavy atom. The van der Waals surface area contributed by atoms with E-state index in [1.165, 1.54) is 0 Å². The van der Waals surface area contributed by atoms with Crippen LogP contribution in [0.25, 0.3) is 0 Å². The monoisotopic (exact) mass is 497 g/mol. The molecule has 9 heteroatoms. The number of aliphatic carboxylic acids is 1. The number of likely N-dealkylation sites (tertiary alicyclic amines) is 1. The largest absolute Gasteiger partial charge is 0.490 e. The third-order valence-electron chi connectivity index (χ3n) is 6.66. The minimum atomic E-state index is -1.07. The fourth-order valence-electron chi connectivity index (χ4n) is 4.75. The summed E-state index contributed by atoms with van der Waals surface area (Å²) in [6.07, 6.45) is 7.79. The van der Waals surface area contributed by atoms with E-state index in [0.29, 0.717) is 43.9 Å². The van der Waals surface area contributed by atoms with Gasteiger partial charge in [0.15, 0.2) is 11.5 Å². The van der Waals surface area contributed by atoms with Crippen LogP contribution in [0.4, 0.5) is 0 Å². The number of aromatic nitrogens is 1. The molecule has 1 amide bonds. The van der Waals surface area contributed by atoms with Crippen molar-refractivity contribution in [3.8, 4) is 17.4 Å². The molecule has 0 atom stereocenters. The lowest BCUT2D eigenvalue weighted by Gasteiger charge is -2.39. The second kappa shape index (κ2) is 13.2. The highest BCUT2D eigenvalue weighted by atomic mass is 16.5. The maximum Gasteiger partial charge on any atom is 0.329 e. The fraction of sp³-hybridized carbons (Fsp3) is 0.519. The van der Waals surface area contributed by atoms with Crippen LogP contribution in [-0.4, -0.2) is 77.3 Å². The van der Waals surface area contributed by atoms with Gasteiger partial charge in [0.1, 0.15) is 13.2 Å². The lowest BCUT2D eigenvalue weighted by molar-refractivity contribution is -0.146. The molecule has 9 nitrogen and oxygen atoms in total. The van der Waals surface area contributed by atoms with Gasteiger partial charge in [0.25, 0.3) is 0 Å². The summed E-state index contributed by atoms with van der Waals surface area (Å²) < 4.78 is 17.2. The average Bonchev–Trinajstić information content (AvgIpc) is 2.89. The predicted octanol–water partition coefficient (Wildman–Crippen LogP) is 3.72. The van der Waals surface area contributed by atoms with Crippen LogP contribution in [0.3, 0.4) is 0 Å². The summed E-state index contributed by atoms with van der Waals surface area (Å²) in [6, 6.07) is 12.0. The number of nitrogens with zero attached hydrogens (tertiary/aromatic N) is 3. The molecule has 0 bridgehead atoms. The van der Waals surface area contributed by atoms with Gasteiger partial charge in [-0.05, 0) is 50.4 Å². The van der Waals surface area contributed by atoms with Gasteiger partial charge < -0.3 is 24.2 Å². The summed E-state index contributed by atoms with van der Waals surface area (Å²) in [7, 11) is 0. The first-order valence-corrected chi connectivity index (χ1v) is 12.7. The molecule has 1 aromatic heterocycles. The smallest absolute Gasteiger partial charge is 0.329 e. The summed E-state index contributed by atoms with van der Waals surface area (Å²) >= 11 is 0. The number of hydrogen-bond acceptors (Lipinski definition) is 7. The van der Waals surface area contributed by atoms with E-state index < -0.39 is 12.6 Å². The molecule has 0 unspecified atom stereocenters. The van der Waals surface area contributed by atoms with Gasteiger partial charge in [-0.25, -0.2) is 9.78 Å². The summed E-state index contributed by atoms with van der Waals surface area (Å²) in [4.78, 5) is 31.8. The van der Waals surface area contributed by atoms with Gasteiger partial charge in [-0.2, -0.15) is 0 Å². The van der Waals surface area contributed by atoms with E-state index in [9.17, 15) is 9.59 Å². The van der Waals surface area contributed by atoms with Gasteiger partial charge in [-0.15, -0.1) is 0 Å². The standard InChI is InChI=1S/C27H35N3O6/c31-25(19-34-20-26(32)33)29-15-11-22(12-16-29)30-14-5-1-2-6-17-35-23-9-3-4-10-24(23)36-27-21(18-30)8-7-13-28-27/h3-4,7-10,13,22H,1-2,5-6,11-12,14-20H2,(H,32,33).